The van der Waals surface area contributed by atoms with Crippen LogP contribution in [0, 0.1) is 0 Å². The summed E-state index contributed by atoms with van der Waals surface area (Å²) >= 11 is 0. The second kappa shape index (κ2) is 4.76. The van der Waals surface area contributed by atoms with Gasteiger partial charge in [-0.25, -0.2) is 0 Å². The van der Waals surface area contributed by atoms with Gasteiger partial charge in [0.15, 0.2) is 0 Å². The molecule has 0 bridgehead atoms. The van der Waals surface area contributed by atoms with Crippen molar-refractivity contribution in [3.63, 3.8) is 0 Å². The number of nitrogens with zero attached hydrogens (tertiary/aromatic N) is 1. The van der Waals surface area contributed by atoms with E-state index >= 15 is 0 Å². The van der Waals surface area contributed by atoms with E-state index in [0.717, 1.165) is 16.6 Å². The Morgan fingerprint density at radius 2 is 2.44 bits per heavy atom. The highest BCUT2D eigenvalue weighted by molar-refractivity contribution is 6.00. The quantitative estimate of drug-likeness (QED) is 0.819. The molecule has 0 unspecified atom stereocenters. The van der Waals surface area contributed by atoms with E-state index in [-0.39, 0.29) is 12.5 Å². The average molecular weight is 219 g/mol. The van der Waals surface area contributed by atoms with Gasteiger partial charge in [0, 0.05) is 12.0 Å². The van der Waals surface area contributed by atoms with Gasteiger partial charge in [0.1, 0.15) is 6.61 Å². The van der Waals surface area contributed by atoms with Gasteiger partial charge in [-0.2, -0.15) is 5.10 Å². The minimum Gasteiger partial charge on any atom is -0.372 e. The SMILES string of the molecule is CCOCC(=O)Nc1cccc2cn[nH]c12. The highest BCUT2D eigenvalue weighted by Gasteiger charge is 2.06. The number of ether oxygens (including phenoxy) is 1. The normalized spacial score (nSPS) is 10.6. The fraction of sp³-hybridized carbons (Fsp3) is 0.273. The molecule has 2 rings (SSSR count). The molecule has 0 saturated carbocycles. The Bertz CT molecular complexity index is 493. The van der Waals surface area contributed by atoms with Crippen LogP contribution in [-0.4, -0.2) is 29.3 Å². The van der Waals surface area contributed by atoms with Crippen molar-refractivity contribution in [3.8, 4) is 0 Å². The van der Waals surface area contributed by atoms with E-state index in [0.29, 0.717) is 6.61 Å². The zero-order valence-corrected chi connectivity index (χ0v) is 8.99. The van der Waals surface area contributed by atoms with Crippen molar-refractivity contribution in [2.24, 2.45) is 0 Å². The molecule has 1 aromatic carbocycles. The van der Waals surface area contributed by atoms with Crippen LogP contribution >= 0.6 is 0 Å². The Balaban J connectivity index is 2.14. The largest absolute Gasteiger partial charge is 0.372 e. The molecule has 0 fully saturated rings. The number of anilines is 1. The minimum absolute atomic E-state index is 0.0705. The summed E-state index contributed by atoms with van der Waals surface area (Å²) < 4.78 is 5.02. The van der Waals surface area contributed by atoms with Crippen LogP contribution in [0.4, 0.5) is 5.69 Å². The smallest absolute Gasteiger partial charge is 0.250 e. The summed E-state index contributed by atoms with van der Waals surface area (Å²) in [5, 5.41) is 10.5. The Hall–Kier alpha value is -1.88. The summed E-state index contributed by atoms with van der Waals surface area (Å²) in [5.74, 6) is -0.163. The van der Waals surface area contributed by atoms with Crippen LogP contribution in [0.3, 0.4) is 0 Å². The molecule has 0 radical (unpaired) electrons. The average Bonchev–Trinajstić information content (AvgIpc) is 2.75. The number of H-pyrrole nitrogens is 1. The van der Waals surface area contributed by atoms with Crippen LogP contribution in [0.15, 0.2) is 24.4 Å². The van der Waals surface area contributed by atoms with Crippen LogP contribution in [0.25, 0.3) is 10.9 Å². The standard InChI is InChI=1S/C11H13N3O2/c1-2-16-7-10(15)13-9-5-3-4-8-6-12-14-11(8)9/h3-6H,2,7H2,1H3,(H,12,14)(H,13,15). The van der Waals surface area contributed by atoms with Gasteiger partial charge in [-0.15, -0.1) is 0 Å². The molecule has 1 aromatic heterocycles. The third kappa shape index (κ3) is 2.20. The van der Waals surface area contributed by atoms with E-state index in [4.69, 9.17) is 4.74 Å². The lowest BCUT2D eigenvalue weighted by Gasteiger charge is -2.05. The number of fused-ring (bicyclic) bond motifs is 1. The molecular weight excluding hydrogens is 206 g/mol. The second-order valence-corrected chi connectivity index (χ2v) is 3.33. The minimum atomic E-state index is -0.163. The van der Waals surface area contributed by atoms with Crippen molar-refractivity contribution >= 4 is 22.5 Å². The summed E-state index contributed by atoms with van der Waals surface area (Å²) in [7, 11) is 0. The molecule has 0 aliphatic heterocycles. The predicted octanol–water partition coefficient (Wildman–Crippen LogP) is 1.54. The molecule has 1 heterocycles. The first-order chi connectivity index (χ1) is 7.81. The molecule has 0 aliphatic carbocycles. The molecule has 16 heavy (non-hydrogen) atoms. The maximum absolute atomic E-state index is 11.5. The topological polar surface area (TPSA) is 67.0 Å². The van der Waals surface area contributed by atoms with Crippen LogP contribution < -0.4 is 5.32 Å². The molecule has 5 heteroatoms. The van der Waals surface area contributed by atoms with E-state index in [9.17, 15) is 4.79 Å². The number of hydrogen-bond donors (Lipinski definition) is 2. The molecule has 1 amide bonds. The number of aromatic nitrogens is 2. The van der Waals surface area contributed by atoms with Crippen molar-refractivity contribution in [1.29, 1.82) is 0 Å². The maximum Gasteiger partial charge on any atom is 0.250 e. The number of rotatable bonds is 4. The molecule has 0 saturated heterocycles. The van der Waals surface area contributed by atoms with Crippen LogP contribution in [0.2, 0.25) is 0 Å². The fourth-order valence-electron chi connectivity index (χ4n) is 1.45. The molecule has 5 nitrogen and oxygen atoms in total. The number of aromatic amines is 1. The predicted molar refractivity (Wildman–Crippen MR) is 61.2 cm³/mol. The first-order valence-corrected chi connectivity index (χ1v) is 5.11. The summed E-state index contributed by atoms with van der Waals surface area (Å²) in [4.78, 5) is 11.5. The van der Waals surface area contributed by atoms with Gasteiger partial charge in [-0.1, -0.05) is 12.1 Å². The number of benzene rings is 1. The summed E-state index contributed by atoms with van der Waals surface area (Å²) in [6.07, 6.45) is 1.72. The second-order valence-electron chi connectivity index (χ2n) is 3.33. The maximum atomic E-state index is 11.5. The van der Waals surface area contributed by atoms with Crippen LogP contribution in [-0.2, 0) is 9.53 Å². The van der Waals surface area contributed by atoms with Gasteiger partial charge < -0.3 is 10.1 Å². The summed E-state index contributed by atoms with van der Waals surface area (Å²) in [6.45, 7) is 2.45. The van der Waals surface area contributed by atoms with E-state index in [1.165, 1.54) is 0 Å². The molecule has 2 N–H and O–H groups in total. The Morgan fingerprint density at radius 3 is 3.25 bits per heavy atom. The van der Waals surface area contributed by atoms with Crippen molar-refractivity contribution in [2.45, 2.75) is 6.92 Å². The molecular formula is C11H13N3O2. The van der Waals surface area contributed by atoms with Gasteiger partial charge in [0.25, 0.3) is 0 Å². The molecule has 0 aliphatic rings. The number of carbonyl (C=O) groups is 1. The zero-order chi connectivity index (χ0) is 11.4. The zero-order valence-electron chi connectivity index (χ0n) is 8.99. The Kier molecular flexibility index (Phi) is 3.16. The van der Waals surface area contributed by atoms with Crippen molar-refractivity contribution in [1.82, 2.24) is 10.2 Å². The van der Waals surface area contributed by atoms with E-state index in [1.54, 1.807) is 6.20 Å². The van der Waals surface area contributed by atoms with Gasteiger partial charge in [0.2, 0.25) is 5.91 Å². The first-order valence-electron chi connectivity index (χ1n) is 5.11. The lowest BCUT2D eigenvalue weighted by molar-refractivity contribution is -0.120. The molecule has 0 spiro atoms. The van der Waals surface area contributed by atoms with Crippen LogP contribution in [0.5, 0.6) is 0 Å². The van der Waals surface area contributed by atoms with E-state index < -0.39 is 0 Å². The van der Waals surface area contributed by atoms with E-state index in [2.05, 4.69) is 15.5 Å². The Labute approximate surface area is 92.8 Å². The fourth-order valence-corrected chi connectivity index (χ4v) is 1.45. The lowest BCUT2D eigenvalue weighted by atomic mass is 10.2. The first kappa shape index (κ1) is 10.6. The van der Waals surface area contributed by atoms with Gasteiger partial charge >= 0.3 is 0 Å². The van der Waals surface area contributed by atoms with Gasteiger partial charge in [-0.05, 0) is 13.0 Å². The third-order valence-corrected chi connectivity index (χ3v) is 2.19. The number of nitrogens with one attached hydrogen (secondary N) is 2. The summed E-state index contributed by atoms with van der Waals surface area (Å²) in [5.41, 5.74) is 1.55. The van der Waals surface area contributed by atoms with Gasteiger partial charge in [0.05, 0.1) is 17.4 Å². The molecule has 0 atom stereocenters. The van der Waals surface area contributed by atoms with E-state index in [1.807, 2.05) is 25.1 Å². The highest BCUT2D eigenvalue weighted by Crippen LogP contribution is 2.20. The number of carbonyl (C=O) groups excluding carboxylic acids is 1. The third-order valence-electron chi connectivity index (χ3n) is 2.19. The molecule has 2 aromatic rings. The monoisotopic (exact) mass is 219 g/mol. The lowest BCUT2D eigenvalue weighted by Crippen LogP contribution is -2.18. The summed E-state index contributed by atoms with van der Waals surface area (Å²) in [6, 6.07) is 5.62. The number of hydrogen-bond acceptors (Lipinski definition) is 3. The van der Waals surface area contributed by atoms with Crippen molar-refractivity contribution in [3.05, 3.63) is 24.4 Å². The van der Waals surface area contributed by atoms with Crippen LogP contribution in [0.1, 0.15) is 6.92 Å². The van der Waals surface area contributed by atoms with Gasteiger partial charge in [-0.3, -0.25) is 9.89 Å². The molecule has 84 valence electrons. The van der Waals surface area contributed by atoms with Crippen molar-refractivity contribution in [2.75, 3.05) is 18.5 Å². The number of para-hydroxylation sites is 1. The van der Waals surface area contributed by atoms with Crippen molar-refractivity contribution < 1.29 is 9.53 Å². The Morgan fingerprint density at radius 1 is 1.56 bits per heavy atom. The number of amides is 1. The highest BCUT2D eigenvalue weighted by atomic mass is 16.5.